The van der Waals surface area contributed by atoms with Gasteiger partial charge >= 0.3 is 17.9 Å². The Kier molecular flexibility index (Phi) is 44.2. The van der Waals surface area contributed by atoms with E-state index in [9.17, 15) is 14.4 Å². The lowest BCUT2D eigenvalue weighted by Gasteiger charge is -2.18. The summed E-state index contributed by atoms with van der Waals surface area (Å²) in [4.78, 5) is 37.7. The predicted octanol–water partition coefficient (Wildman–Crippen LogP) is 16.3. The second kappa shape index (κ2) is 45.5. The molecule has 0 aromatic heterocycles. The van der Waals surface area contributed by atoms with Gasteiger partial charge in [-0.05, 0) is 25.2 Å². The van der Waals surface area contributed by atoms with E-state index in [4.69, 9.17) is 14.2 Å². The van der Waals surface area contributed by atoms with Gasteiger partial charge in [-0.25, -0.2) is 0 Å². The van der Waals surface area contributed by atoms with Crippen molar-refractivity contribution in [3.05, 3.63) is 0 Å². The molecule has 0 rings (SSSR count). The highest BCUT2D eigenvalue weighted by Crippen LogP contribution is 2.17. The largest absolute Gasteiger partial charge is 0.462 e. The molecule has 338 valence electrons. The van der Waals surface area contributed by atoms with Gasteiger partial charge in [0.15, 0.2) is 6.10 Å². The topological polar surface area (TPSA) is 78.9 Å². The van der Waals surface area contributed by atoms with Crippen LogP contribution in [0, 0.1) is 5.92 Å². The number of rotatable bonds is 46. The molecule has 1 atom stereocenters. The third kappa shape index (κ3) is 45.3. The number of ether oxygens (including phenoxy) is 3. The Hall–Kier alpha value is -1.59. The Morgan fingerprint density at radius 1 is 0.333 bits per heavy atom. The lowest BCUT2D eigenvalue weighted by molar-refractivity contribution is -0.167. The van der Waals surface area contributed by atoms with Crippen LogP contribution in [-0.2, 0) is 28.6 Å². The van der Waals surface area contributed by atoms with Gasteiger partial charge in [0.05, 0.1) is 0 Å². The van der Waals surface area contributed by atoms with Crippen LogP contribution < -0.4 is 0 Å². The smallest absolute Gasteiger partial charge is 0.306 e. The van der Waals surface area contributed by atoms with Crippen LogP contribution in [0.1, 0.15) is 285 Å². The number of carbonyl (C=O) groups is 3. The van der Waals surface area contributed by atoms with Gasteiger partial charge in [0.25, 0.3) is 0 Å². The standard InChI is InChI=1S/C51H98O6/c1-5-7-9-11-13-14-15-16-17-18-19-20-24-27-31-34-38-42-49(52)55-45-48(57-51(54)44-40-36-29-12-10-8-6-2)46-56-50(53)43-39-35-32-28-25-22-21-23-26-30-33-37-41-47(3)4/h47-48H,5-46H2,1-4H3/t48-/m0/s1. The minimum atomic E-state index is -0.759. The van der Waals surface area contributed by atoms with E-state index < -0.39 is 6.10 Å². The summed E-state index contributed by atoms with van der Waals surface area (Å²) >= 11 is 0. The highest BCUT2D eigenvalue weighted by atomic mass is 16.6. The third-order valence-corrected chi connectivity index (χ3v) is 11.5. The Labute approximate surface area is 355 Å². The van der Waals surface area contributed by atoms with E-state index in [2.05, 4.69) is 27.7 Å². The first kappa shape index (κ1) is 55.4. The van der Waals surface area contributed by atoms with Crippen molar-refractivity contribution in [1.82, 2.24) is 0 Å². The van der Waals surface area contributed by atoms with Crippen molar-refractivity contribution in [2.75, 3.05) is 13.2 Å². The Bertz CT molecular complexity index is 857. The van der Waals surface area contributed by atoms with Crippen molar-refractivity contribution >= 4 is 17.9 Å². The molecule has 0 aliphatic heterocycles. The number of hydrogen-bond acceptors (Lipinski definition) is 6. The molecule has 0 aromatic rings. The van der Waals surface area contributed by atoms with E-state index in [0.29, 0.717) is 19.3 Å². The summed E-state index contributed by atoms with van der Waals surface area (Å²) in [7, 11) is 0. The van der Waals surface area contributed by atoms with Crippen molar-refractivity contribution in [3.8, 4) is 0 Å². The first-order valence-corrected chi connectivity index (χ1v) is 25.4. The molecular formula is C51H98O6. The maximum absolute atomic E-state index is 12.6. The first-order chi connectivity index (χ1) is 27.9. The minimum absolute atomic E-state index is 0.0635. The van der Waals surface area contributed by atoms with E-state index >= 15 is 0 Å². The van der Waals surface area contributed by atoms with Crippen molar-refractivity contribution < 1.29 is 28.6 Å². The number of esters is 3. The molecule has 0 unspecified atom stereocenters. The second-order valence-corrected chi connectivity index (χ2v) is 17.9. The van der Waals surface area contributed by atoms with Gasteiger partial charge in [0.1, 0.15) is 13.2 Å². The Balaban J connectivity index is 4.16. The molecule has 0 aliphatic rings. The van der Waals surface area contributed by atoms with Crippen LogP contribution in [0.2, 0.25) is 0 Å². The monoisotopic (exact) mass is 807 g/mol. The van der Waals surface area contributed by atoms with Gasteiger partial charge in [-0.15, -0.1) is 0 Å². The highest BCUT2D eigenvalue weighted by molar-refractivity contribution is 5.71. The van der Waals surface area contributed by atoms with Gasteiger partial charge in [0, 0.05) is 19.3 Å². The predicted molar refractivity (Wildman–Crippen MR) is 243 cm³/mol. The van der Waals surface area contributed by atoms with Crippen LogP contribution >= 0.6 is 0 Å². The number of carbonyl (C=O) groups excluding carboxylic acids is 3. The summed E-state index contributed by atoms with van der Waals surface area (Å²) < 4.78 is 16.7. The average Bonchev–Trinajstić information content (AvgIpc) is 3.19. The third-order valence-electron chi connectivity index (χ3n) is 11.5. The van der Waals surface area contributed by atoms with Crippen molar-refractivity contribution in [1.29, 1.82) is 0 Å². The van der Waals surface area contributed by atoms with Crippen LogP contribution in [0.5, 0.6) is 0 Å². The molecule has 57 heavy (non-hydrogen) atoms. The van der Waals surface area contributed by atoms with E-state index in [1.54, 1.807) is 0 Å². The lowest BCUT2D eigenvalue weighted by atomic mass is 10.0. The van der Waals surface area contributed by atoms with Gasteiger partial charge < -0.3 is 14.2 Å². The summed E-state index contributed by atoms with van der Waals surface area (Å²) in [5, 5.41) is 0. The summed E-state index contributed by atoms with van der Waals surface area (Å²) in [6, 6.07) is 0. The number of hydrogen-bond donors (Lipinski definition) is 0. The van der Waals surface area contributed by atoms with Gasteiger partial charge in [-0.1, -0.05) is 246 Å². The van der Waals surface area contributed by atoms with Crippen molar-refractivity contribution in [3.63, 3.8) is 0 Å². The molecule has 6 heteroatoms. The zero-order chi connectivity index (χ0) is 41.7. The molecule has 0 aliphatic carbocycles. The molecule has 0 fully saturated rings. The van der Waals surface area contributed by atoms with Gasteiger partial charge in [0.2, 0.25) is 0 Å². The summed E-state index contributed by atoms with van der Waals surface area (Å²) in [5.74, 6) is -0.0193. The fraction of sp³-hybridized carbons (Fsp3) is 0.941. The van der Waals surface area contributed by atoms with E-state index in [1.807, 2.05) is 0 Å². The van der Waals surface area contributed by atoms with Crippen molar-refractivity contribution in [2.24, 2.45) is 5.92 Å². The van der Waals surface area contributed by atoms with Crippen molar-refractivity contribution in [2.45, 2.75) is 291 Å². The van der Waals surface area contributed by atoms with Crippen LogP contribution in [-0.4, -0.2) is 37.2 Å². The molecule has 0 spiro atoms. The fourth-order valence-corrected chi connectivity index (χ4v) is 7.69. The lowest BCUT2D eigenvalue weighted by Crippen LogP contribution is -2.30. The second-order valence-electron chi connectivity index (χ2n) is 17.9. The molecule has 0 N–H and O–H groups in total. The molecule has 0 saturated carbocycles. The molecular weight excluding hydrogens is 709 g/mol. The Morgan fingerprint density at radius 2 is 0.579 bits per heavy atom. The van der Waals surface area contributed by atoms with Gasteiger partial charge in [-0.3, -0.25) is 14.4 Å². The molecule has 0 heterocycles. The minimum Gasteiger partial charge on any atom is -0.462 e. The summed E-state index contributed by atoms with van der Waals surface area (Å²) in [6.07, 6.45) is 46.7. The SMILES string of the molecule is CCCCCCCCCCCCCCCCCCCC(=O)OC[C@@H](COC(=O)CCCCCCCCCCCCCCC(C)C)OC(=O)CCCCCCCCC. The van der Waals surface area contributed by atoms with E-state index in [1.165, 1.54) is 180 Å². The van der Waals surface area contributed by atoms with E-state index in [0.717, 1.165) is 63.7 Å². The molecule has 0 radical (unpaired) electrons. The zero-order valence-electron chi connectivity index (χ0n) is 38.8. The highest BCUT2D eigenvalue weighted by Gasteiger charge is 2.19. The molecule has 0 aromatic carbocycles. The van der Waals surface area contributed by atoms with E-state index in [-0.39, 0.29) is 31.1 Å². The number of unbranched alkanes of at least 4 members (excludes halogenated alkanes) is 33. The zero-order valence-corrected chi connectivity index (χ0v) is 38.8. The molecule has 0 amide bonds. The summed E-state index contributed by atoms with van der Waals surface area (Å²) in [6.45, 7) is 8.99. The first-order valence-electron chi connectivity index (χ1n) is 25.4. The maximum atomic E-state index is 12.6. The normalized spacial score (nSPS) is 11.9. The van der Waals surface area contributed by atoms with Crippen LogP contribution in [0.3, 0.4) is 0 Å². The van der Waals surface area contributed by atoms with Gasteiger partial charge in [-0.2, -0.15) is 0 Å². The van der Waals surface area contributed by atoms with Crippen LogP contribution in [0.15, 0.2) is 0 Å². The fourth-order valence-electron chi connectivity index (χ4n) is 7.69. The molecule has 0 saturated heterocycles. The average molecular weight is 807 g/mol. The summed E-state index contributed by atoms with van der Waals surface area (Å²) in [5.41, 5.74) is 0. The quantitative estimate of drug-likeness (QED) is 0.0346. The molecule has 0 bridgehead atoms. The van der Waals surface area contributed by atoms with Crippen LogP contribution in [0.25, 0.3) is 0 Å². The maximum Gasteiger partial charge on any atom is 0.306 e. The van der Waals surface area contributed by atoms with Crippen LogP contribution in [0.4, 0.5) is 0 Å². The Morgan fingerprint density at radius 3 is 0.860 bits per heavy atom. The molecule has 6 nitrogen and oxygen atoms in total.